The van der Waals surface area contributed by atoms with Crippen molar-refractivity contribution in [1.29, 1.82) is 0 Å². The summed E-state index contributed by atoms with van der Waals surface area (Å²) < 4.78 is 5.38. The molecule has 2 rings (SSSR count). The molecule has 1 fully saturated rings. The van der Waals surface area contributed by atoms with Crippen molar-refractivity contribution in [3.05, 3.63) is 5.89 Å². The van der Waals surface area contributed by atoms with Gasteiger partial charge in [0.1, 0.15) is 13.1 Å². The number of carbonyl (C=O) groups is 2. The van der Waals surface area contributed by atoms with E-state index in [1.54, 1.807) is 0 Å². The van der Waals surface area contributed by atoms with Gasteiger partial charge in [-0.15, -0.1) is 5.10 Å². The molecule has 0 spiro atoms. The zero-order chi connectivity index (χ0) is 13.1. The van der Waals surface area contributed by atoms with Crippen molar-refractivity contribution >= 4 is 17.8 Å². The summed E-state index contributed by atoms with van der Waals surface area (Å²) in [5, 5.41) is 13.0. The smallest absolute Gasteiger partial charge is 0.319 e. The van der Waals surface area contributed by atoms with Gasteiger partial charge in [0.25, 0.3) is 0 Å². The van der Waals surface area contributed by atoms with Crippen molar-refractivity contribution in [2.75, 3.05) is 18.0 Å². The second-order valence-electron chi connectivity index (χ2n) is 4.34. The maximum Gasteiger partial charge on any atom is 0.319 e. The Morgan fingerprint density at radius 1 is 1.33 bits per heavy atom. The number of imide groups is 1. The Kier molecular flexibility index (Phi) is 3.56. The van der Waals surface area contributed by atoms with E-state index in [9.17, 15) is 9.59 Å². The molecule has 8 nitrogen and oxygen atoms in total. The number of amides is 2. The van der Waals surface area contributed by atoms with Crippen LogP contribution in [-0.2, 0) is 16.1 Å². The predicted molar refractivity (Wildman–Crippen MR) is 61.6 cm³/mol. The van der Waals surface area contributed by atoms with E-state index >= 15 is 0 Å². The molecule has 2 N–H and O–H groups in total. The first-order valence-corrected chi connectivity index (χ1v) is 5.68. The molecular formula is C10H15N5O3. The summed E-state index contributed by atoms with van der Waals surface area (Å²) >= 11 is 0. The van der Waals surface area contributed by atoms with E-state index in [0.717, 1.165) is 0 Å². The highest BCUT2D eigenvalue weighted by Crippen LogP contribution is 2.13. The molecule has 1 aromatic rings. The van der Waals surface area contributed by atoms with Crippen LogP contribution in [0.1, 0.15) is 19.7 Å². The average Bonchev–Trinajstić information content (AvgIpc) is 2.73. The van der Waals surface area contributed by atoms with Gasteiger partial charge in [-0.3, -0.25) is 14.9 Å². The molecule has 0 aliphatic carbocycles. The highest BCUT2D eigenvalue weighted by molar-refractivity contribution is 6.02. The van der Waals surface area contributed by atoms with Gasteiger partial charge in [0, 0.05) is 6.04 Å². The third-order valence-corrected chi connectivity index (χ3v) is 2.34. The molecular weight excluding hydrogens is 238 g/mol. The fourth-order valence-corrected chi connectivity index (χ4v) is 1.51. The number of carbonyl (C=O) groups excluding carboxylic acids is 2. The van der Waals surface area contributed by atoms with Gasteiger partial charge in [0.2, 0.25) is 17.7 Å². The molecule has 18 heavy (non-hydrogen) atoms. The van der Waals surface area contributed by atoms with Crippen LogP contribution >= 0.6 is 0 Å². The molecule has 1 aromatic heterocycles. The molecule has 0 radical (unpaired) electrons. The number of piperazine rings is 1. The summed E-state index contributed by atoms with van der Waals surface area (Å²) in [7, 11) is 0. The second kappa shape index (κ2) is 5.13. The summed E-state index contributed by atoms with van der Waals surface area (Å²) in [6.07, 6.45) is 0. The van der Waals surface area contributed by atoms with E-state index in [1.807, 2.05) is 13.8 Å². The van der Waals surface area contributed by atoms with Crippen LogP contribution in [0.15, 0.2) is 4.42 Å². The predicted octanol–water partition coefficient (Wildman–Crippen LogP) is -0.970. The number of nitrogens with one attached hydrogen (secondary N) is 2. The van der Waals surface area contributed by atoms with Gasteiger partial charge in [-0.05, 0) is 0 Å². The fourth-order valence-electron chi connectivity index (χ4n) is 1.51. The van der Waals surface area contributed by atoms with Gasteiger partial charge < -0.3 is 14.6 Å². The Bertz CT molecular complexity index is 440. The number of aromatic nitrogens is 2. The SMILES string of the molecule is CC(C)NCc1nnc(N2CC(=O)NC(=O)C2)o1. The molecule has 1 aliphatic heterocycles. The van der Waals surface area contributed by atoms with E-state index in [1.165, 1.54) is 4.90 Å². The van der Waals surface area contributed by atoms with Crippen molar-refractivity contribution in [1.82, 2.24) is 20.8 Å². The van der Waals surface area contributed by atoms with Gasteiger partial charge in [0.15, 0.2) is 0 Å². The third kappa shape index (κ3) is 3.04. The largest absolute Gasteiger partial charge is 0.407 e. The Balaban J connectivity index is 2.00. The van der Waals surface area contributed by atoms with Gasteiger partial charge >= 0.3 is 6.01 Å². The highest BCUT2D eigenvalue weighted by atomic mass is 16.4. The molecule has 0 saturated carbocycles. The Hall–Kier alpha value is -1.96. The summed E-state index contributed by atoms with van der Waals surface area (Å²) in [6.45, 7) is 4.56. The maximum atomic E-state index is 11.2. The summed E-state index contributed by atoms with van der Waals surface area (Å²) in [5.41, 5.74) is 0. The van der Waals surface area contributed by atoms with E-state index in [4.69, 9.17) is 4.42 Å². The Morgan fingerprint density at radius 3 is 2.61 bits per heavy atom. The fraction of sp³-hybridized carbons (Fsp3) is 0.600. The molecule has 2 heterocycles. The van der Waals surface area contributed by atoms with Crippen molar-refractivity contribution in [2.24, 2.45) is 0 Å². The van der Waals surface area contributed by atoms with Crippen LogP contribution in [0.4, 0.5) is 6.01 Å². The van der Waals surface area contributed by atoms with Crippen molar-refractivity contribution in [2.45, 2.75) is 26.4 Å². The van der Waals surface area contributed by atoms with E-state index < -0.39 is 0 Å². The van der Waals surface area contributed by atoms with Crippen LogP contribution in [0, 0.1) is 0 Å². The van der Waals surface area contributed by atoms with Crippen LogP contribution < -0.4 is 15.5 Å². The summed E-state index contributed by atoms with van der Waals surface area (Å²) in [6, 6.07) is 0.501. The minimum atomic E-state index is -0.369. The van der Waals surface area contributed by atoms with Crippen molar-refractivity contribution < 1.29 is 14.0 Å². The lowest BCUT2D eigenvalue weighted by atomic mass is 10.4. The molecule has 98 valence electrons. The van der Waals surface area contributed by atoms with Gasteiger partial charge in [0.05, 0.1) is 6.54 Å². The molecule has 0 unspecified atom stereocenters. The van der Waals surface area contributed by atoms with Crippen LogP contribution in [0.2, 0.25) is 0 Å². The lowest BCUT2D eigenvalue weighted by Gasteiger charge is -2.22. The maximum absolute atomic E-state index is 11.2. The first kappa shape index (κ1) is 12.5. The first-order valence-electron chi connectivity index (χ1n) is 5.68. The molecule has 0 atom stereocenters. The number of anilines is 1. The quantitative estimate of drug-likeness (QED) is 0.666. The molecule has 0 aromatic carbocycles. The minimum absolute atomic E-state index is 0.0466. The van der Waals surface area contributed by atoms with E-state index in [2.05, 4.69) is 20.8 Å². The number of rotatable bonds is 4. The number of nitrogens with zero attached hydrogens (tertiary/aromatic N) is 3. The molecule has 0 bridgehead atoms. The van der Waals surface area contributed by atoms with Crippen LogP contribution in [-0.4, -0.2) is 41.1 Å². The monoisotopic (exact) mass is 253 g/mol. The lowest BCUT2D eigenvalue weighted by Crippen LogP contribution is -2.51. The van der Waals surface area contributed by atoms with Crippen LogP contribution in [0.25, 0.3) is 0 Å². The van der Waals surface area contributed by atoms with Gasteiger partial charge in [-0.25, -0.2) is 0 Å². The Labute approximate surface area is 104 Å². The van der Waals surface area contributed by atoms with Crippen LogP contribution in [0.3, 0.4) is 0 Å². The van der Waals surface area contributed by atoms with Crippen molar-refractivity contribution in [3.8, 4) is 0 Å². The van der Waals surface area contributed by atoms with Gasteiger partial charge in [-0.1, -0.05) is 18.9 Å². The first-order chi connectivity index (χ1) is 8.54. The molecule has 1 aliphatic rings. The zero-order valence-corrected chi connectivity index (χ0v) is 10.3. The minimum Gasteiger partial charge on any atom is -0.407 e. The number of hydrogen-bond acceptors (Lipinski definition) is 7. The zero-order valence-electron chi connectivity index (χ0n) is 10.3. The van der Waals surface area contributed by atoms with Crippen LogP contribution in [0.5, 0.6) is 0 Å². The third-order valence-electron chi connectivity index (χ3n) is 2.34. The van der Waals surface area contributed by atoms with E-state index in [-0.39, 0.29) is 30.9 Å². The second-order valence-corrected chi connectivity index (χ2v) is 4.34. The van der Waals surface area contributed by atoms with Crippen molar-refractivity contribution in [3.63, 3.8) is 0 Å². The Morgan fingerprint density at radius 2 is 2.00 bits per heavy atom. The standard InChI is InChI=1S/C10H15N5O3/c1-6(2)11-3-9-13-14-10(18-9)15-4-7(16)12-8(17)5-15/h6,11H,3-5H2,1-2H3,(H,12,16,17). The summed E-state index contributed by atoms with van der Waals surface area (Å²) in [5.74, 6) is -0.310. The van der Waals surface area contributed by atoms with Gasteiger partial charge in [-0.2, -0.15) is 0 Å². The lowest BCUT2D eigenvalue weighted by molar-refractivity contribution is -0.130. The topological polar surface area (TPSA) is 100 Å². The number of hydrogen-bond donors (Lipinski definition) is 2. The highest BCUT2D eigenvalue weighted by Gasteiger charge is 2.26. The molecule has 2 amide bonds. The molecule has 1 saturated heterocycles. The normalized spacial score (nSPS) is 16.3. The summed E-state index contributed by atoms with van der Waals surface area (Å²) in [4.78, 5) is 23.9. The van der Waals surface area contributed by atoms with E-state index in [0.29, 0.717) is 18.5 Å². The molecule has 8 heteroatoms. The average molecular weight is 253 g/mol.